The fraction of sp³-hybridized carbons (Fsp3) is 0.348. The molecule has 3 N–H and O–H groups in total. The van der Waals surface area contributed by atoms with Crippen molar-refractivity contribution >= 4 is 22.5 Å². The van der Waals surface area contributed by atoms with E-state index in [1.54, 1.807) is 0 Å². The van der Waals surface area contributed by atoms with Gasteiger partial charge in [0.2, 0.25) is 0 Å². The number of rotatable bonds is 8. The molecule has 28 heavy (non-hydrogen) atoms. The lowest BCUT2D eigenvalue weighted by atomic mass is 9.92. The molecule has 3 aromatic rings. The predicted octanol–water partition coefficient (Wildman–Crippen LogP) is 4.82. The number of hydrogen-bond acceptors (Lipinski definition) is 3. The van der Waals surface area contributed by atoms with E-state index in [2.05, 4.69) is 36.4 Å². The predicted molar refractivity (Wildman–Crippen MR) is 115 cm³/mol. The van der Waals surface area contributed by atoms with Crippen molar-refractivity contribution in [2.24, 2.45) is 5.41 Å². The van der Waals surface area contributed by atoms with Gasteiger partial charge in [-0.25, -0.2) is 0 Å². The zero-order valence-corrected chi connectivity index (χ0v) is 16.8. The van der Waals surface area contributed by atoms with Crippen LogP contribution in [-0.2, 0) is 0 Å². The summed E-state index contributed by atoms with van der Waals surface area (Å²) in [7, 11) is 0. The quantitative estimate of drug-likeness (QED) is 0.491. The summed E-state index contributed by atoms with van der Waals surface area (Å²) < 4.78 is 5.90. The molecule has 1 heterocycles. The van der Waals surface area contributed by atoms with E-state index in [9.17, 15) is 4.79 Å². The molecule has 0 fully saturated rings. The molecule has 2 aromatic carbocycles. The largest absolute Gasteiger partial charge is 0.490 e. The molecular formula is C23H29N3O2. The highest BCUT2D eigenvalue weighted by Crippen LogP contribution is 2.25. The number of amides is 1. The van der Waals surface area contributed by atoms with E-state index >= 15 is 0 Å². The van der Waals surface area contributed by atoms with E-state index in [0.29, 0.717) is 29.0 Å². The van der Waals surface area contributed by atoms with Gasteiger partial charge >= 0.3 is 0 Å². The van der Waals surface area contributed by atoms with Crippen LogP contribution in [0.25, 0.3) is 10.9 Å². The fourth-order valence-electron chi connectivity index (χ4n) is 2.99. The fourth-order valence-corrected chi connectivity index (χ4v) is 2.99. The number of aromatic nitrogens is 1. The Kier molecular flexibility index (Phi) is 6.37. The van der Waals surface area contributed by atoms with Crippen molar-refractivity contribution < 1.29 is 9.53 Å². The molecule has 0 aliphatic rings. The Morgan fingerprint density at radius 3 is 2.68 bits per heavy atom. The maximum Gasteiger partial charge on any atom is 0.256 e. The van der Waals surface area contributed by atoms with Crippen LogP contribution in [0.1, 0.15) is 37.6 Å². The van der Waals surface area contributed by atoms with E-state index in [1.165, 1.54) is 0 Å². The molecule has 0 saturated carbocycles. The normalized spacial score (nSPS) is 11.5. The highest BCUT2D eigenvalue weighted by atomic mass is 16.5. The van der Waals surface area contributed by atoms with Crippen LogP contribution in [0.3, 0.4) is 0 Å². The van der Waals surface area contributed by atoms with Crippen molar-refractivity contribution in [1.82, 2.24) is 10.3 Å². The van der Waals surface area contributed by atoms with Crippen molar-refractivity contribution in [2.75, 3.05) is 25.0 Å². The van der Waals surface area contributed by atoms with Gasteiger partial charge in [-0.2, -0.15) is 0 Å². The lowest BCUT2D eigenvalue weighted by Crippen LogP contribution is -2.25. The Balaban J connectivity index is 1.58. The first-order valence-electron chi connectivity index (χ1n) is 9.74. The average Bonchev–Trinajstić information content (AvgIpc) is 3.13. The van der Waals surface area contributed by atoms with Gasteiger partial charge in [0.15, 0.2) is 0 Å². The average molecular weight is 380 g/mol. The molecule has 1 amide bonds. The maximum atomic E-state index is 12.8. The number of H-pyrrole nitrogens is 1. The molecule has 0 saturated heterocycles. The molecule has 3 rings (SSSR count). The Morgan fingerprint density at radius 1 is 1.04 bits per heavy atom. The van der Waals surface area contributed by atoms with Crippen LogP contribution in [0.15, 0.2) is 54.7 Å². The van der Waals surface area contributed by atoms with Gasteiger partial charge < -0.3 is 20.4 Å². The van der Waals surface area contributed by atoms with Gasteiger partial charge in [-0.3, -0.25) is 4.79 Å². The van der Waals surface area contributed by atoms with Crippen LogP contribution in [0, 0.1) is 5.41 Å². The lowest BCUT2D eigenvalue weighted by molar-refractivity contribution is 0.102. The molecule has 5 heteroatoms. The molecule has 1 aromatic heterocycles. The topological polar surface area (TPSA) is 66.2 Å². The number of ether oxygens (including phenoxy) is 1. The number of carbonyl (C=O) groups is 1. The molecule has 148 valence electrons. The zero-order valence-electron chi connectivity index (χ0n) is 16.8. The Labute approximate surface area is 166 Å². The number of anilines is 1. The molecular weight excluding hydrogens is 350 g/mol. The van der Waals surface area contributed by atoms with Crippen molar-refractivity contribution in [3.63, 3.8) is 0 Å². The first kappa shape index (κ1) is 20.0. The number of aromatic amines is 1. The van der Waals surface area contributed by atoms with Crippen LogP contribution in [0.2, 0.25) is 0 Å². The summed E-state index contributed by atoms with van der Waals surface area (Å²) in [4.78, 5) is 15.9. The summed E-state index contributed by atoms with van der Waals surface area (Å²) in [5.74, 6) is 0.527. The Morgan fingerprint density at radius 2 is 1.86 bits per heavy atom. The molecule has 0 bridgehead atoms. The van der Waals surface area contributed by atoms with Gasteiger partial charge in [0.05, 0.1) is 5.69 Å². The molecule has 0 aliphatic carbocycles. The number of carbonyl (C=O) groups excluding carboxylic acids is 1. The highest BCUT2D eigenvalue weighted by Gasteiger charge is 2.13. The number of para-hydroxylation sites is 2. The maximum absolute atomic E-state index is 12.8. The number of fused-ring (bicyclic) bond motifs is 1. The van der Waals surface area contributed by atoms with Gasteiger partial charge in [-0.1, -0.05) is 39.0 Å². The highest BCUT2D eigenvalue weighted by molar-refractivity contribution is 6.12. The molecule has 0 aliphatic heterocycles. The van der Waals surface area contributed by atoms with E-state index in [-0.39, 0.29) is 5.91 Å². The minimum atomic E-state index is -0.149. The van der Waals surface area contributed by atoms with Crippen molar-refractivity contribution in [3.8, 4) is 5.75 Å². The zero-order chi connectivity index (χ0) is 20.0. The van der Waals surface area contributed by atoms with Gasteiger partial charge in [-0.15, -0.1) is 0 Å². The van der Waals surface area contributed by atoms with Gasteiger partial charge in [0.1, 0.15) is 12.4 Å². The first-order chi connectivity index (χ1) is 13.4. The number of hydrogen-bond donors (Lipinski definition) is 3. The number of benzene rings is 2. The minimum absolute atomic E-state index is 0.149. The van der Waals surface area contributed by atoms with E-state index < -0.39 is 0 Å². The first-order valence-corrected chi connectivity index (χ1v) is 9.74. The third-order valence-electron chi connectivity index (χ3n) is 4.56. The van der Waals surface area contributed by atoms with Gasteiger partial charge in [-0.05, 0) is 48.7 Å². The summed E-state index contributed by atoms with van der Waals surface area (Å²) in [5.41, 5.74) is 2.58. The van der Waals surface area contributed by atoms with E-state index in [1.807, 2.05) is 54.7 Å². The summed E-state index contributed by atoms with van der Waals surface area (Å²) in [6.07, 6.45) is 2.95. The van der Waals surface area contributed by atoms with Gasteiger partial charge in [0.25, 0.3) is 5.91 Å². The van der Waals surface area contributed by atoms with Crippen LogP contribution in [-0.4, -0.2) is 30.6 Å². The summed E-state index contributed by atoms with van der Waals surface area (Å²) in [6, 6.07) is 15.1. The molecule has 0 unspecified atom stereocenters. The Bertz CT molecular complexity index is 925. The van der Waals surface area contributed by atoms with E-state index in [0.717, 1.165) is 30.4 Å². The van der Waals surface area contributed by atoms with Crippen molar-refractivity contribution in [2.45, 2.75) is 27.2 Å². The minimum Gasteiger partial charge on any atom is -0.490 e. The lowest BCUT2D eigenvalue weighted by Gasteiger charge is -2.18. The smallest absolute Gasteiger partial charge is 0.256 e. The summed E-state index contributed by atoms with van der Waals surface area (Å²) >= 11 is 0. The third-order valence-corrected chi connectivity index (χ3v) is 4.56. The monoisotopic (exact) mass is 379 g/mol. The number of nitrogens with one attached hydrogen (secondary N) is 3. The summed E-state index contributed by atoms with van der Waals surface area (Å²) in [5, 5.41) is 7.29. The van der Waals surface area contributed by atoms with Crippen LogP contribution in [0.4, 0.5) is 5.69 Å². The molecule has 0 spiro atoms. The molecule has 5 nitrogen and oxygen atoms in total. The molecule has 0 radical (unpaired) electrons. The summed E-state index contributed by atoms with van der Waals surface area (Å²) in [6.45, 7) is 8.98. The third kappa shape index (κ3) is 5.36. The van der Waals surface area contributed by atoms with Crippen molar-refractivity contribution in [3.05, 3.63) is 60.3 Å². The van der Waals surface area contributed by atoms with Crippen molar-refractivity contribution in [1.29, 1.82) is 0 Å². The van der Waals surface area contributed by atoms with Crippen LogP contribution in [0.5, 0.6) is 5.75 Å². The standard InChI is InChI=1S/C23H29N3O2/c1-23(2,3)12-14-24-15-16-28-21-10-5-4-8-20(21)26-22(27)18-7-6-9-19-17(18)11-13-25-19/h4-11,13,24-25H,12,14-16H2,1-3H3,(H,26,27). The SMILES string of the molecule is CC(C)(C)CCNCCOc1ccccc1NC(=O)c1cccc2[nH]ccc12. The second-order valence-corrected chi connectivity index (χ2v) is 8.10. The second kappa shape index (κ2) is 8.93. The second-order valence-electron chi connectivity index (χ2n) is 8.10. The van der Waals surface area contributed by atoms with Crippen LogP contribution >= 0.6 is 0 Å². The van der Waals surface area contributed by atoms with E-state index in [4.69, 9.17) is 4.74 Å². The molecule has 0 atom stereocenters. The Hall–Kier alpha value is -2.79. The van der Waals surface area contributed by atoms with Crippen LogP contribution < -0.4 is 15.4 Å². The van der Waals surface area contributed by atoms with Gasteiger partial charge in [0, 0.05) is 29.2 Å².